The molecule has 2 atom stereocenters. The van der Waals surface area contributed by atoms with Crippen LogP contribution in [0.25, 0.3) is 0 Å². The van der Waals surface area contributed by atoms with Crippen LogP contribution in [0.1, 0.15) is 45.4 Å². The van der Waals surface area contributed by atoms with Crippen molar-refractivity contribution in [1.82, 2.24) is 9.80 Å². The van der Waals surface area contributed by atoms with E-state index in [4.69, 9.17) is 0 Å². The number of amides is 1. The Balaban J connectivity index is 1.93. The maximum absolute atomic E-state index is 11.6. The highest BCUT2D eigenvalue weighted by molar-refractivity contribution is 5.73. The molecule has 1 amide bonds. The van der Waals surface area contributed by atoms with Gasteiger partial charge in [0, 0.05) is 25.6 Å². The lowest BCUT2D eigenvalue weighted by Crippen LogP contribution is -2.45. The van der Waals surface area contributed by atoms with Crippen molar-refractivity contribution in [2.75, 3.05) is 20.1 Å². The molecule has 2 saturated heterocycles. The molecule has 0 N–H and O–H groups in total. The first kappa shape index (κ1) is 11.9. The lowest BCUT2D eigenvalue weighted by molar-refractivity contribution is -0.132. The standard InChI is InChI=1S/C13H24N2O/c1-11(16)15-9-4-3-6-13(15)10-12-7-5-8-14(12)2/h12-13H,3-10H2,1-2H3/t12-,13?/m1/s1. The number of likely N-dealkylation sites (tertiary alicyclic amines) is 2. The molecular formula is C13H24N2O. The second-order valence-corrected chi connectivity index (χ2v) is 5.37. The van der Waals surface area contributed by atoms with Gasteiger partial charge in [0.15, 0.2) is 0 Å². The number of rotatable bonds is 2. The predicted octanol–water partition coefficient (Wildman–Crippen LogP) is 1.87. The fourth-order valence-corrected chi connectivity index (χ4v) is 3.25. The Morgan fingerprint density at radius 3 is 2.50 bits per heavy atom. The van der Waals surface area contributed by atoms with E-state index in [2.05, 4.69) is 16.8 Å². The van der Waals surface area contributed by atoms with Crippen LogP contribution in [0.2, 0.25) is 0 Å². The van der Waals surface area contributed by atoms with E-state index in [0.29, 0.717) is 12.1 Å². The van der Waals surface area contributed by atoms with Gasteiger partial charge in [-0.1, -0.05) is 0 Å². The van der Waals surface area contributed by atoms with E-state index in [1.807, 2.05) is 0 Å². The third-order valence-corrected chi connectivity index (χ3v) is 4.25. The zero-order valence-electron chi connectivity index (χ0n) is 10.6. The molecule has 0 spiro atoms. The summed E-state index contributed by atoms with van der Waals surface area (Å²) in [5.74, 6) is 0.269. The summed E-state index contributed by atoms with van der Waals surface area (Å²) in [4.78, 5) is 16.1. The molecular weight excluding hydrogens is 200 g/mol. The molecule has 3 nitrogen and oxygen atoms in total. The molecule has 2 aliphatic rings. The van der Waals surface area contributed by atoms with E-state index in [1.54, 1.807) is 6.92 Å². The molecule has 0 bridgehead atoms. The summed E-state index contributed by atoms with van der Waals surface area (Å²) < 4.78 is 0. The molecule has 0 aromatic heterocycles. The van der Waals surface area contributed by atoms with E-state index in [0.717, 1.165) is 6.54 Å². The van der Waals surface area contributed by atoms with Gasteiger partial charge in [-0.3, -0.25) is 4.79 Å². The number of hydrogen-bond acceptors (Lipinski definition) is 2. The van der Waals surface area contributed by atoms with Gasteiger partial charge in [-0.15, -0.1) is 0 Å². The minimum absolute atomic E-state index is 0.269. The van der Waals surface area contributed by atoms with Crippen LogP contribution in [-0.4, -0.2) is 47.9 Å². The van der Waals surface area contributed by atoms with Gasteiger partial charge in [0.2, 0.25) is 5.91 Å². The molecule has 16 heavy (non-hydrogen) atoms. The van der Waals surface area contributed by atoms with Gasteiger partial charge >= 0.3 is 0 Å². The van der Waals surface area contributed by atoms with Gasteiger partial charge in [-0.05, 0) is 52.1 Å². The third-order valence-electron chi connectivity index (χ3n) is 4.25. The molecule has 2 aliphatic heterocycles. The minimum atomic E-state index is 0.269. The first-order valence-corrected chi connectivity index (χ1v) is 6.66. The van der Waals surface area contributed by atoms with Gasteiger partial charge in [0.05, 0.1) is 0 Å². The van der Waals surface area contributed by atoms with Gasteiger partial charge < -0.3 is 9.80 Å². The molecule has 92 valence electrons. The number of nitrogens with zero attached hydrogens (tertiary/aromatic N) is 2. The number of carbonyl (C=O) groups excluding carboxylic acids is 1. The van der Waals surface area contributed by atoms with Crippen LogP contribution in [0.5, 0.6) is 0 Å². The van der Waals surface area contributed by atoms with Crippen LogP contribution < -0.4 is 0 Å². The fourth-order valence-electron chi connectivity index (χ4n) is 3.25. The Bertz CT molecular complexity index is 254. The number of hydrogen-bond donors (Lipinski definition) is 0. The molecule has 0 aromatic carbocycles. The molecule has 2 fully saturated rings. The zero-order valence-corrected chi connectivity index (χ0v) is 10.6. The molecule has 2 heterocycles. The van der Waals surface area contributed by atoms with Crippen LogP contribution in [0.15, 0.2) is 0 Å². The van der Waals surface area contributed by atoms with Crippen molar-refractivity contribution >= 4 is 5.91 Å². The molecule has 0 saturated carbocycles. The predicted molar refractivity (Wildman–Crippen MR) is 65.3 cm³/mol. The van der Waals surface area contributed by atoms with Crippen molar-refractivity contribution in [2.45, 2.75) is 57.5 Å². The third kappa shape index (κ3) is 2.57. The van der Waals surface area contributed by atoms with Crippen molar-refractivity contribution in [3.63, 3.8) is 0 Å². The van der Waals surface area contributed by atoms with Crippen molar-refractivity contribution in [3.05, 3.63) is 0 Å². The fraction of sp³-hybridized carbons (Fsp3) is 0.923. The summed E-state index contributed by atoms with van der Waals surface area (Å²) >= 11 is 0. The molecule has 0 aliphatic carbocycles. The Hall–Kier alpha value is -0.570. The van der Waals surface area contributed by atoms with Gasteiger partial charge in [-0.25, -0.2) is 0 Å². The first-order valence-electron chi connectivity index (χ1n) is 6.66. The normalized spacial score (nSPS) is 32.0. The Morgan fingerprint density at radius 1 is 1.12 bits per heavy atom. The number of carbonyl (C=O) groups is 1. The smallest absolute Gasteiger partial charge is 0.219 e. The van der Waals surface area contributed by atoms with Crippen LogP contribution in [0.4, 0.5) is 0 Å². The van der Waals surface area contributed by atoms with Gasteiger partial charge in [0.1, 0.15) is 0 Å². The number of piperidine rings is 1. The molecule has 3 heteroatoms. The zero-order chi connectivity index (χ0) is 11.5. The lowest BCUT2D eigenvalue weighted by atomic mass is 9.95. The Kier molecular flexibility index (Phi) is 3.85. The Morgan fingerprint density at radius 2 is 1.88 bits per heavy atom. The molecule has 2 rings (SSSR count). The van der Waals surface area contributed by atoms with Crippen molar-refractivity contribution < 1.29 is 4.79 Å². The summed E-state index contributed by atoms with van der Waals surface area (Å²) in [7, 11) is 2.22. The van der Waals surface area contributed by atoms with E-state index in [1.165, 1.54) is 45.1 Å². The van der Waals surface area contributed by atoms with E-state index in [9.17, 15) is 4.79 Å². The summed E-state index contributed by atoms with van der Waals surface area (Å²) in [6.45, 7) is 3.94. The van der Waals surface area contributed by atoms with Crippen LogP contribution in [0.3, 0.4) is 0 Å². The molecule has 0 radical (unpaired) electrons. The highest BCUT2D eigenvalue weighted by Gasteiger charge is 2.30. The van der Waals surface area contributed by atoms with Crippen molar-refractivity contribution in [3.8, 4) is 0 Å². The summed E-state index contributed by atoms with van der Waals surface area (Å²) in [6.07, 6.45) is 7.54. The van der Waals surface area contributed by atoms with Gasteiger partial charge in [0.25, 0.3) is 0 Å². The first-order chi connectivity index (χ1) is 7.68. The van der Waals surface area contributed by atoms with Crippen LogP contribution in [-0.2, 0) is 4.79 Å². The summed E-state index contributed by atoms with van der Waals surface area (Å²) in [6, 6.07) is 1.22. The van der Waals surface area contributed by atoms with Crippen molar-refractivity contribution in [1.29, 1.82) is 0 Å². The van der Waals surface area contributed by atoms with E-state index >= 15 is 0 Å². The monoisotopic (exact) mass is 224 g/mol. The summed E-state index contributed by atoms with van der Waals surface area (Å²) in [5, 5.41) is 0. The van der Waals surface area contributed by atoms with Crippen LogP contribution >= 0.6 is 0 Å². The maximum atomic E-state index is 11.6. The van der Waals surface area contributed by atoms with E-state index in [-0.39, 0.29) is 5.91 Å². The maximum Gasteiger partial charge on any atom is 0.219 e. The SMILES string of the molecule is CC(=O)N1CCCCC1C[C@H]1CCCN1C. The topological polar surface area (TPSA) is 23.6 Å². The quantitative estimate of drug-likeness (QED) is 0.715. The summed E-state index contributed by atoms with van der Waals surface area (Å²) in [5.41, 5.74) is 0. The second-order valence-electron chi connectivity index (χ2n) is 5.37. The second kappa shape index (κ2) is 5.17. The van der Waals surface area contributed by atoms with Crippen LogP contribution in [0, 0.1) is 0 Å². The van der Waals surface area contributed by atoms with Crippen molar-refractivity contribution in [2.24, 2.45) is 0 Å². The molecule has 0 aromatic rings. The van der Waals surface area contributed by atoms with E-state index < -0.39 is 0 Å². The Labute approximate surface area is 98.8 Å². The highest BCUT2D eigenvalue weighted by Crippen LogP contribution is 2.26. The lowest BCUT2D eigenvalue weighted by Gasteiger charge is -2.37. The molecule has 1 unspecified atom stereocenters. The largest absolute Gasteiger partial charge is 0.340 e. The minimum Gasteiger partial charge on any atom is -0.340 e. The average Bonchev–Trinajstić information content (AvgIpc) is 2.65. The highest BCUT2D eigenvalue weighted by atomic mass is 16.2. The average molecular weight is 224 g/mol. The van der Waals surface area contributed by atoms with Gasteiger partial charge in [-0.2, -0.15) is 0 Å².